The van der Waals surface area contributed by atoms with Crippen LogP contribution in [0.4, 0.5) is 0 Å². The number of fused-ring (bicyclic) bond motifs is 2. The lowest BCUT2D eigenvalue weighted by Crippen LogP contribution is -2.15. The summed E-state index contributed by atoms with van der Waals surface area (Å²) in [6.07, 6.45) is 5.81. The highest BCUT2D eigenvalue weighted by molar-refractivity contribution is 7.99. The van der Waals surface area contributed by atoms with Gasteiger partial charge in [0.15, 0.2) is 0 Å². The first-order valence-corrected chi connectivity index (χ1v) is 7.44. The summed E-state index contributed by atoms with van der Waals surface area (Å²) < 4.78 is 1.82. The fourth-order valence-electron chi connectivity index (χ4n) is 3.32. The number of hydrogen-bond acceptors (Lipinski definition) is 5. The second-order valence-electron chi connectivity index (χ2n) is 5.22. The first-order chi connectivity index (χ1) is 8.36. The van der Waals surface area contributed by atoms with E-state index in [4.69, 9.17) is 5.73 Å². The van der Waals surface area contributed by atoms with Crippen molar-refractivity contribution in [2.45, 2.75) is 37.4 Å². The van der Waals surface area contributed by atoms with Gasteiger partial charge in [-0.15, -0.1) is 5.10 Å². The summed E-state index contributed by atoms with van der Waals surface area (Å²) in [4.78, 5) is 0. The second kappa shape index (κ2) is 4.94. The molecular formula is C11H19N5S. The summed E-state index contributed by atoms with van der Waals surface area (Å²) in [7, 11) is 0. The van der Waals surface area contributed by atoms with Crippen molar-refractivity contribution in [1.82, 2.24) is 20.2 Å². The highest BCUT2D eigenvalue weighted by atomic mass is 32.2. The Kier molecular flexibility index (Phi) is 3.33. The number of tetrazole rings is 1. The van der Waals surface area contributed by atoms with Gasteiger partial charge in [-0.2, -0.15) is 0 Å². The molecule has 1 aromatic heterocycles. The average Bonchev–Trinajstić information content (AvgIpc) is 3.02. The molecule has 2 aliphatic carbocycles. The van der Waals surface area contributed by atoms with E-state index in [1.54, 1.807) is 11.8 Å². The molecule has 0 aliphatic heterocycles. The maximum absolute atomic E-state index is 5.53. The predicted octanol–water partition coefficient (Wildman–Crippen LogP) is 1.16. The Morgan fingerprint density at radius 2 is 2.29 bits per heavy atom. The summed E-state index contributed by atoms with van der Waals surface area (Å²) in [5, 5.41) is 12.7. The van der Waals surface area contributed by atoms with E-state index < -0.39 is 0 Å². The smallest absolute Gasteiger partial charge is 0.209 e. The van der Waals surface area contributed by atoms with E-state index in [0.29, 0.717) is 13.1 Å². The maximum atomic E-state index is 5.53. The third kappa shape index (κ3) is 2.33. The van der Waals surface area contributed by atoms with Crippen LogP contribution in [-0.4, -0.2) is 32.5 Å². The third-order valence-corrected chi connectivity index (χ3v) is 5.30. The van der Waals surface area contributed by atoms with Crippen molar-refractivity contribution in [3.8, 4) is 0 Å². The summed E-state index contributed by atoms with van der Waals surface area (Å²) in [5.74, 6) is 4.06. The largest absolute Gasteiger partial charge is 0.329 e. The van der Waals surface area contributed by atoms with Crippen LogP contribution in [0.3, 0.4) is 0 Å². The van der Waals surface area contributed by atoms with E-state index >= 15 is 0 Å². The molecule has 1 heterocycles. The van der Waals surface area contributed by atoms with Crippen LogP contribution < -0.4 is 5.73 Å². The summed E-state index contributed by atoms with van der Waals surface area (Å²) in [6.45, 7) is 1.30. The molecule has 2 N–H and O–H groups in total. The number of thioether (sulfide) groups is 1. The van der Waals surface area contributed by atoms with Crippen LogP contribution >= 0.6 is 11.8 Å². The lowest BCUT2D eigenvalue weighted by atomic mass is 9.90. The van der Waals surface area contributed by atoms with Crippen molar-refractivity contribution in [3.63, 3.8) is 0 Å². The number of nitrogens with zero attached hydrogens (tertiary/aromatic N) is 4. The van der Waals surface area contributed by atoms with E-state index in [1.807, 2.05) is 4.68 Å². The number of nitrogens with two attached hydrogens (primary N) is 1. The fourth-order valence-corrected chi connectivity index (χ4v) is 4.47. The van der Waals surface area contributed by atoms with Crippen molar-refractivity contribution >= 4 is 11.8 Å². The highest BCUT2D eigenvalue weighted by Crippen LogP contribution is 2.49. The van der Waals surface area contributed by atoms with Gasteiger partial charge in [-0.3, -0.25) is 0 Å². The van der Waals surface area contributed by atoms with Crippen LogP contribution in [0, 0.1) is 17.8 Å². The van der Waals surface area contributed by atoms with E-state index in [9.17, 15) is 0 Å². The molecule has 2 bridgehead atoms. The van der Waals surface area contributed by atoms with Crippen molar-refractivity contribution in [3.05, 3.63) is 0 Å². The minimum absolute atomic E-state index is 0.590. The molecule has 1 aromatic rings. The molecule has 5 nitrogen and oxygen atoms in total. The monoisotopic (exact) mass is 253 g/mol. The highest BCUT2D eigenvalue weighted by Gasteiger charge is 2.39. The van der Waals surface area contributed by atoms with Crippen molar-refractivity contribution in [1.29, 1.82) is 0 Å². The molecule has 0 amide bonds. The summed E-state index contributed by atoms with van der Waals surface area (Å²) in [6, 6.07) is 0. The van der Waals surface area contributed by atoms with Gasteiger partial charge in [-0.1, -0.05) is 18.2 Å². The van der Waals surface area contributed by atoms with Crippen LogP contribution in [0.2, 0.25) is 0 Å². The van der Waals surface area contributed by atoms with Crippen LogP contribution in [0.15, 0.2) is 5.16 Å². The zero-order valence-corrected chi connectivity index (χ0v) is 10.8. The molecule has 3 unspecified atom stereocenters. The molecule has 6 heteroatoms. The molecule has 2 aliphatic rings. The Labute approximate surface area is 106 Å². The summed E-state index contributed by atoms with van der Waals surface area (Å²) in [5.41, 5.74) is 5.53. The average molecular weight is 253 g/mol. The quantitative estimate of drug-likeness (QED) is 0.797. The molecule has 0 saturated heterocycles. The lowest BCUT2D eigenvalue weighted by Gasteiger charge is -2.20. The zero-order chi connectivity index (χ0) is 11.7. The van der Waals surface area contributed by atoms with Gasteiger partial charge < -0.3 is 5.73 Å². The lowest BCUT2D eigenvalue weighted by molar-refractivity contribution is 0.365. The maximum Gasteiger partial charge on any atom is 0.209 e. The van der Waals surface area contributed by atoms with Crippen LogP contribution in [0.5, 0.6) is 0 Å². The van der Waals surface area contributed by atoms with Crippen molar-refractivity contribution in [2.75, 3.05) is 12.3 Å². The van der Waals surface area contributed by atoms with Gasteiger partial charge in [0.1, 0.15) is 0 Å². The van der Waals surface area contributed by atoms with E-state index in [0.717, 1.165) is 22.9 Å². The molecule has 0 aromatic carbocycles. The van der Waals surface area contributed by atoms with Crippen molar-refractivity contribution < 1.29 is 0 Å². The first-order valence-electron chi connectivity index (χ1n) is 6.46. The van der Waals surface area contributed by atoms with E-state index in [2.05, 4.69) is 15.5 Å². The predicted molar refractivity (Wildman–Crippen MR) is 66.5 cm³/mol. The van der Waals surface area contributed by atoms with Crippen LogP contribution in [0.1, 0.15) is 25.7 Å². The number of rotatable bonds is 5. The zero-order valence-electron chi connectivity index (χ0n) is 9.96. The minimum Gasteiger partial charge on any atom is -0.329 e. The molecule has 3 atom stereocenters. The van der Waals surface area contributed by atoms with Gasteiger partial charge in [0, 0.05) is 12.3 Å². The molecule has 94 valence electrons. The fraction of sp³-hybridized carbons (Fsp3) is 0.909. The first kappa shape index (κ1) is 11.5. The van der Waals surface area contributed by atoms with Crippen LogP contribution in [-0.2, 0) is 6.54 Å². The third-order valence-electron chi connectivity index (χ3n) is 4.15. The van der Waals surface area contributed by atoms with Gasteiger partial charge >= 0.3 is 0 Å². The Hall–Kier alpha value is -0.620. The van der Waals surface area contributed by atoms with Gasteiger partial charge in [0.05, 0.1) is 6.54 Å². The van der Waals surface area contributed by atoms with Crippen molar-refractivity contribution in [2.24, 2.45) is 23.5 Å². The SMILES string of the molecule is NCCn1nnnc1SCC1CC2CCC1C2. The van der Waals surface area contributed by atoms with Crippen LogP contribution in [0.25, 0.3) is 0 Å². The van der Waals surface area contributed by atoms with E-state index in [1.165, 1.54) is 31.4 Å². The normalized spacial score (nSPS) is 31.2. The summed E-state index contributed by atoms with van der Waals surface area (Å²) >= 11 is 1.80. The molecule has 2 fully saturated rings. The molecule has 0 spiro atoms. The Bertz CT molecular complexity index is 380. The Balaban J connectivity index is 1.55. The molecule has 0 radical (unpaired) electrons. The number of aromatic nitrogens is 4. The molecule has 3 rings (SSSR count). The van der Waals surface area contributed by atoms with Gasteiger partial charge in [-0.25, -0.2) is 4.68 Å². The second-order valence-corrected chi connectivity index (χ2v) is 6.21. The molecule has 17 heavy (non-hydrogen) atoms. The van der Waals surface area contributed by atoms with Gasteiger partial charge in [0.25, 0.3) is 0 Å². The Morgan fingerprint density at radius 3 is 3.00 bits per heavy atom. The minimum atomic E-state index is 0.590. The van der Waals surface area contributed by atoms with Gasteiger partial charge in [0.2, 0.25) is 5.16 Å². The topological polar surface area (TPSA) is 69.6 Å². The molecule has 2 saturated carbocycles. The number of hydrogen-bond donors (Lipinski definition) is 1. The molecular weight excluding hydrogens is 234 g/mol. The van der Waals surface area contributed by atoms with E-state index in [-0.39, 0.29) is 0 Å². The Morgan fingerprint density at radius 1 is 1.35 bits per heavy atom. The standard InChI is InChI=1S/C11H19N5S/c12-3-4-16-11(13-14-15-16)17-7-10-6-8-1-2-9(10)5-8/h8-10H,1-7,12H2. The van der Waals surface area contributed by atoms with Gasteiger partial charge in [-0.05, 0) is 47.4 Å².